The van der Waals surface area contributed by atoms with Crippen molar-refractivity contribution in [2.24, 2.45) is 5.92 Å². The Balaban J connectivity index is 1.58. The average molecular weight is 325 g/mol. The van der Waals surface area contributed by atoms with E-state index in [-0.39, 0.29) is 11.8 Å². The molecule has 126 valence electrons. The number of aryl methyl sites for hydroxylation is 1. The normalized spacial score (nSPS) is 18.3. The molecule has 0 aromatic carbocycles. The zero-order valence-electron chi connectivity index (χ0n) is 14.2. The van der Waals surface area contributed by atoms with Crippen LogP contribution in [0.4, 0.5) is 5.82 Å². The predicted molar refractivity (Wildman–Crippen MR) is 94.3 cm³/mol. The van der Waals surface area contributed by atoms with Crippen LogP contribution in [0.1, 0.15) is 37.8 Å². The largest absolute Gasteiger partial charge is 0.338 e. The summed E-state index contributed by atoms with van der Waals surface area (Å²) in [5.41, 5.74) is 3.29. The van der Waals surface area contributed by atoms with Crippen molar-refractivity contribution in [3.05, 3.63) is 41.1 Å². The molecule has 3 rings (SSSR count). The van der Waals surface area contributed by atoms with Gasteiger partial charge in [-0.25, -0.2) is 4.98 Å². The number of carbonyl (C=O) groups is 2. The van der Waals surface area contributed by atoms with Crippen molar-refractivity contribution >= 4 is 23.7 Å². The molecule has 3 heterocycles. The first-order chi connectivity index (χ1) is 11.6. The van der Waals surface area contributed by atoms with Crippen molar-refractivity contribution in [2.45, 2.75) is 33.1 Å². The quantitative estimate of drug-likeness (QED) is 0.684. The van der Waals surface area contributed by atoms with Crippen LogP contribution in [0.5, 0.6) is 0 Å². The summed E-state index contributed by atoms with van der Waals surface area (Å²) in [7, 11) is 0. The number of aromatic nitrogens is 1. The van der Waals surface area contributed by atoms with E-state index in [0.29, 0.717) is 24.6 Å². The molecule has 2 aliphatic heterocycles. The molecule has 1 saturated heterocycles. The van der Waals surface area contributed by atoms with Gasteiger partial charge in [-0.05, 0) is 43.0 Å². The fourth-order valence-corrected chi connectivity index (χ4v) is 3.07. The van der Waals surface area contributed by atoms with E-state index in [1.165, 1.54) is 5.57 Å². The molecule has 1 aromatic rings. The minimum atomic E-state index is 0.00761. The minimum absolute atomic E-state index is 0.00761. The lowest BCUT2D eigenvalue weighted by molar-refractivity contribution is -0.131. The molecule has 1 N–H and O–H groups in total. The fourth-order valence-electron chi connectivity index (χ4n) is 3.07. The van der Waals surface area contributed by atoms with Gasteiger partial charge in [0.2, 0.25) is 11.8 Å². The lowest BCUT2D eigenvalue weighted by atomic mass is 9.91. The molecule has 0 aliphatic carbocycles. The van der Waals surface area contributed by atoms with Crippen LogP contribution >= 0.6 is 0 Å². The van der Waals surface area contributed by atoms with Gasteiger partial charge in [0.1, 0.15) is 5.82 Å². The van der Waals surface area contributed by atoms with Gasteiger partial charge in [-0.15, -0.1) is 0 Å². The van der Waals surface area contributed by atoms with Crippen molar-refractivity contribution in [3.8, 4) is 0 Å². The van der Waals surface area contributed by atoms with Gasteiger partial charge in [-0.1, -0.05) is 18.6 Å². The third-order valence-corrected chi connectivity index (χ3v) is 4.65. The van der Waals surface area contributed by atoms with E-state index >= 15 is 0 Å². The first-order valence-electron chi connectivity index (χ1n) is 8.49. The monoisotopic (exact) mass is 325 g/mol. The number of hydrogen-bond acceptors (Lipinski definition) is 3. The number of anilines is 1. The highest BCUT2D eigenvalue weighted by Gasteiger charge is 2.30. The number of rotatable bonds is 4. The summed E-state index contributed by atoms with van der Waals surface area (Å²) in [5, 5.41) is 2.76. The molecule has 1 fully saturated rings. The highest BCUT2D eigenvalue weighted by Crippen LogP contribution is 2.24. The van der Waals surface area contributed by atoms with E-state index in [4.69, 9.17) is 0 Å². The molecule has 5 heteroatoms. The van der Waals surface area contributed by atoms with Crippen LogP contribution in [-0.2, 0) is 16.0 Å². The van der Waals surface area contributed by atoms with Crippen LogP contribution in [0.25, 0.3) is 6.08 Å². The molecule has 2 amide bonds. The van der Waals surface area contributed by atoms with Gasteiger partial charge >= 0.3 is 0 Å². The van der Waals surface area contributed by atoms with E-state index in [2.05, 4.69) is 30.2 Å². The summed E-state index contributed by atoms with van der Waals surface area (Å²) in [4.78, 5) is 29.7. The maximum atomic E-state index is 12.2. The molecule has 24 heavy (non-hydrogen) atoms. The summed E-state index contributed by atoms with van der Waals surface area (Å²) < 4.78 is 0. The number of amides is 2. The van der Waals surface area contributed by atoms with E-state index in [1.807, 2.05) is 11.0 Å². The van der Waals surface area contributed by atoms with Crippen molar-refractivity contribution in [1.82, 2.24) is 9.88 Å². The number of nitrogens with zero attached hydrogens (tertiary/aromatic N) is 2. The SMILES string of the molecule is CCC=C(C)C1CN(C(=O)C=Cc2cnc3c(c2)CCC(=O)N3)C1. The third-order valence-electron chi connectivity index (χ3n) is 4.65. The number of carbonyl (C=O) groups excluding carboxylic acids is 2. The minimum Gasteiger partial charge on any atom is -0.338 e. The van der Waals surface area contributed by atoms with Gasteiger partial charge in [0, 0.05) is 37.7 Å². The van der Waals surface area contributed by atoms with Gasteiger partial charge in [0.15, 0.2) is 0 Å². The molecule has 0 bridgehead atoms. The van der Waals surface area contributed by atoms with Gasteiger partial charge in [-0.3, -0.25) is 9.59 Å². The smallest absolute Gasteiger partial charge is 0.246 e. The van der Waals surface area contributed by atoms with Crippen molar-refractivity contribution in [1.29, 1.82) is 0 Å². The second-order valence-electron chi connectivity index (χ2n) is 6.45. The summed E-state index contributed by atoms with van der Waals surface area (Å²) in [5.74, 6) is 1.20. The van der Waals surface area contributed by atoms with Gasteiger partial charge < -0.3 is 10.2 Å². The Morgan fingerprint density at radius 1 is 1.42 bits per heavy atom. The molecule has 0 atom stereocenters. The Morgan fingerprint density at radius 3 is 2.96 bits per heavy atom. The number of fused-ring (bicyclic) bond motifs is 1. The zero-order valence-corrected chi connectivity index (χ0v) is 14.2. The number of likely N-dealkylation sites (tertiary alicyclic amines) is 1. The number of allylic oxidation sites excluding steroid dienone is 1. The van der Waals surface area contributed by atoms with Gasteiger partial charge in [-0.2, -0.15) is 0 Å². The lowest BCUT2D eigenvalue weighted by Gasteiger charge is -2.39. The first kappa shape index (κ1) is 16.4. The molecule has 0 radical (unpaired) electrons. The third kappa shape index (κ3) is 3.55. The van der Waals surface area contributed by atoms with Crippen LogP contribution in [0, 0.1) is 5.92 Å². The predicted octanol–water partition coefficient (Wildman–Crippen LogP) is 2.79. The standard InChI is InChI=1S/C19H23N3O2/c1-3-4-13(2)16-11-22(12-16)18(24)8-5-14-9-15-6-7-17(23)21-19(15)20-10-14/h4-5,8-10,16H,3,6-7,11-12H2,1-2H3,(H,20,21,23). The van der Waals surface area contributed by atoms with Crippen molar-refractivity contribution in [3.63, 3.8) is 0 Å². The molecule has 2 aliphatic rings. The second-order valence-corrected chi connectivity index (χ2v) is 6.45. The average Bonchev–Trinajstić information content (AvgIpc) is 2.51. The number of nitrogens with one attached hydrogen (secondary N) is 1. The van der Waals surface area contributed by atoms with Crippen LogP contribution in [0.15, 0.2) is 30.0 Å². The van der Waals surface area contributed by atoms with Gasteiger partial charge in [0.05, 0.1) is 0 Å². The second kappa shape index (κ2) is 6.99. The Hall–Kier alpha value is -2.43. The highest BCUT2D eigenvalue weighted by atomic mass is 16.2. The summed E-state index contributed by atoms with van der Waals surface area (Å²) in [6, 6.07) is 1.98. The molecular formula is C19H23N3O2. The molecule has 0 spiro atoms. The number of pyridine rings is 1. The maximum absolute atomic E-state index is 12.2. The molecule has 0 unspecified atom stereocenters. The van der Waals surface area contributed by atoms with E-state index in [0.717, 1.165) is 30.6 Å². The number of hydrogen-bond donors (Lipinski definition) is 1. The zero-order chi connectivity index (χ0) is 17.1. The van der Waals surface area contributed by atoms with E-state index < -0.39 is 0 Å². The van der Waals surface area contributed by atoms with Crippen LogP contribution in [0.2, 0.25) is 0 Å². The van der Waals surface area contributed by atoms with E-state index in [9.17, 15) is 9.59 Å². The molecule has 1 aromatic heterocycles. The Morgan fingerprint density at radius 2 is 2.21 bits per heavy atom. The van der Waals surface area contributed by atoms with Crippen LogP contribution < -0.4 is 5.32 Å². The van der Waals surface area contributed by atoms with Crippen LogP contribution in [0.3, 0.4) is 0 Å². The van der Waals surface area contributed by atoms with Gasteiger partial charge in [0.25, 0.3) is 0 Å². The summed E-state index contributed by atoms with van der Waals surface area (Å²) >= 11 is 0. The lowest BCUT2D eigenvalue weighted by Crippen LogP contribution is -2.49. The van der Waals surface area contributed by atoms with E-state index in [1.54, 1.807) is 18.3 Å². The summed E-state index contributed by atoms with van der Waals surface area (Å²) in [6.45, 7) is 5.88. The maximum Gasteiger partial charge on any atom is 0.246 e. The van der Waals surface area contributed by atoms with Crippen LogP contribution in [-0.4, -0.2) is 34.8 Å². The Bertz CT molecular complexity index is 715. The Kier molecular flexibility index (Phi) is 4.79. The topological polar surface area (TPSA) is 62.3 Å². The summed E-state index contributed by atoms with van der Waals surface area (Å²) in [6.07, 6.45) is 9.55. The highest BCUT2D eigenvalue weighted by molar-refractivity contribution is 5.94. The van der Waals surface area contributed by atoms with Crippen molar-refractivity contribution in [2.75, 3.05) is 18.4 Å². The van der Waals surface area contributed by atoms with Crippen molar-refractivity contribution < 1.29 is 9.59 Å². The molecular weight excluding hydrogens is 302 g/mol. The first-order valence-corrected chi connectivity index (χ1v) is 8.49. The molecule has 5 nitrogen and oxygen atoms in total. The Labute approximate surface area is 142 Å². The molecule has 0 saturated carbocycles. The fraction of sp³-hybridized carbons (Fsp3) is 0.421.